The van der Waals surface area contributed by atoms with E-state index in [0.29, 0.717) is 6.54 Å². The lowest BCUT2D eigenvalue weighted by atomic mass is 10.2. The van der Waals surface area contributed by atoms with Crippen LogP contribution in [0.1, 0.15) is 34.1 Å². The number of rotatable bonds is 8. The fourth-order valence-electron chi connectivity index (χ4n) is 1.38. The van der Waals surface area contributed by atoms with Crippen LogP contribution in [0.3, 0.4) is 0 Å². The summed E-state index contributed by atoms with van der Waals surface area (Å²) in [5.41, 5.74) is -0.466. The van der Waals surface area contributed by atoms with Crippen molar-refractivity contribution in [1.82, 2.24) is 10.6 Å². The molecule has 1 amide bonds. The maximum absolute atomic E-state index is 11.5. The lowest BCUT2D eigenvalue weighted by Crippen LogP contribution is -2.39. The highest BCUT2D eigenvalue weighted by molar-refractivity contribution is 5.67. The summed E-state index contributed by atoms with van der Waals surface area (Å²) in [5.74, 6) is 0. The van der Waals surface area contributed by atoms with Gasteiger partial charge in [0, 0.05) is 26.8 Å². The Hall–Kier alpha value is -0.850. The van der Waals surface area contributed by atoms with Crippen LogP contribution in [0.15, 0.2) is 0 Å². The van der Waals surface area contributed by atoms with Gasteiger partial charge in [-0.2, -0.15) is 0 Å². The van der Waals surface area contributed by atoms with Gasteiger partial charge in [-0.3, -0.25) is 0 Å². The molecular weight excluding hydrogens is 248 g/mol. The Kier molecular flexibility index (Phi) is 8.71. The van der Waals surface area contributed by atoms with Crippen LogP contribution in [-0.2, 0) is 14.2 Å². The summed E-state index contributed by atoms with van der Waals surface area (Å²) in [6.07, 6.45) is 0.181. The summed E-state index contributed by atoms with van der Waals surface area (Å²) in [6, 6.07) is 0.0471. The molecule has 6 nitrogen and oxygen atoms in total. The minimum atomic E-state index is -0.466. The van der Waals surface area contributed by atoms with Gasteiger partial charge in [-0.05, 0) is 40.7 Å². The molecule has 0 aliphatic rings. The molecule has 0 aromatic carbocycles. The predicted molar refractivity (Wildman–Crippen MR) is 74.1 cm³/mol. The smallest absolute Gasteiger partial charge is 0.407 e. The van der Waals surface area contributed by atoms with Gasteiger partial charge in [0.25, 0.3) is 0 Å². The van der Waals surface area contributed by atoms with Crippen LogP contribution < -0.4 is 10.6 Å². The Morgan fingerprint density at radius 3 is 2.26 bits per heavy atom. The van der Waals surface area contributed by atoms with Crippen molar-refractivity contribution < 1.29 is 19.0 Å². The van der Waals surface area contributed by atoms with E-state index in [0.717, 1.165) is 13.0 Å². The average Bonchev–Trinajstić information content (AvgIpc) is 2.26. The highest BCUT2D eigenvalue weighted by Gasteiger charge is 2.17. The average molecular weight is 276 g/mol. The van der Waals surface area contributed by atoms with E-state index in [-0.39, 0.29) is 18.4 Å². The normalized spacial score (nSPS) is 13.4. The number of nitrogens with one attached hydrogen (secondary N) is 2. The fourth-order valence-corrected chi connectivity index (χ4v) is 1.38. The third-order valence-electron chi connectivity index (χ3n) is 2.35. The number of alkyl carbamates (subject to hydrolysis) is 1. The molecule has 0 fully saturated rings. The molecule has 1 unspecified atom stereocenters. The molecule has 1 atom stereocenters. The van der Waals surface area contributed by atoms with Crippen LogP contribution >= 0.6 is 0 Å². The number of amides is 1. The van der Waals surface area contributed by atoms with Gasteiger partial charge in [0.15, 0.2) is 6.29 Å². The molecule has 0 radical (unpaired) electrons. The summed E-state index contributed by atoms with van der Waals surface area (Å²) < 4.78 is 15.3. The summed E-state index contributed by atoms with van der Waals surface area (Å²) in [6.45, 7) is 8.85. The fraction of sp³-hybridized carbons (Fsp3) is 0.923. The van der Waals surface area contributed by atoms with E-state index in [1.54, 1.807) is 14.2 Å². The van der Waals surface area contributed by atoms with Crippen molar-refractivity contribution in [3.8, 4) is 0 Å². The molecule has 2 N–H and O–H groups in total. The first-order chi connectivity index (χ1) is 8.78. The number of methoxy groups -OCH3 is 2. The van der Waals surface area contributed by atoms with Gasteiger partial charge in [0.2, 0.25) is 0 Å². The highest BCUT2D eigenvalue weighted by Crippen LogP contribution is 2.06. The largest absolute Gasteiger partial charge is 0.444 e. The molecule has 0 heterocycles. The lowest BCUT2D eigenvalue weighted by molar-refractivity contribution is -0.0987. The molecule has 0 aliphatic carbocycles. The van der Waals surface area contributed by atoms with E-state index < -0.39 is 5.60 Å². The van der Waals surface area contributed by atoms with E-state index in [1.807, 2.05) is 27.7 Å². The van der Waals surface area contributed by atoms with Crippen LogP contribution in [0.4, 0.5) is 4.79 Å². The summed E-state index contributed by atoms with van der Waals surface area (Å²) in [5, 5.41) is 5.99. The van der Waals surface area contributed by atoms with Gasteiger partial charge in [0.1, 0.15) is 5.60 Å². The zero-order valence-electron chi connectivity index (χ0n) is 12.9. The monoisotopic (exact) mass is 276 g/mol. The number of carbonyl (C=O) groups excluding carboxylic acids is 1. The lowest BCUT2D eigenvalue weighted by Gasteiger charge is -2.22. The molecule has 0 aromatic rings. The quantitative estimate of drug-likeness (QED) is 0.519. The van der Waals surface area contributed by atoms with Crippen LogP contribution in [0.2, 0.25) is 0 Å². The van der Waals surface area contributed by atoms with E-state index in [1.165, 1.54) is 0 Å². The molecule has 0 saturated heterocycles. The minimum Gasteiger partial charge on any atom is -0.444 e. The maximum Gasteiger partial charge on any atom is 0.407 e. The second kappa shape index (κ2) is 9.12. The molecule has 0 aromatic heterocycles. The Labute approximate surface area is 116 Å². The number of ether oxygens (including phenoxy) is 3. The third-order valence-corrected chi connectivity index (χ3v) is 2.35. The zero-order valence-corrected chi connectivity index (χ0v) is 12.9. The Morgan fingerprint density at radius 1 is 1.21 bits per heavy atom. The molecule has 19 heavy (non-hydrogen) atoms. The van der Waals surface area contributed by atoms with Gasteiger partial charge in [-0.15, -0.1) is 0 Å². The SMILES string of the molecule is COC(CNCCC(C)NC(=O)OC(C)(C)C)OC. The molecule has 0 bridgehead atoms. The van der Waals surface area contributed by atoms with Crippen molar-refractivity contribution in [1.29, 1.82) is 0 Å². The standard InChI is InChI=1S/C13H28N2O4/c1-10(15-12(16)19-13(2,3)4)7-8-14-9-11(17-5)18-6/h10-11,14H,7-9H2,1-6H3,(H,15,16). The van der Waals surface area contributed by atoms with Crippen molar-refractivity contribution in [3.63, 3.8) is 0 Å². The van der Waals surface area contributed by atoms with Crippen molar-refractivity contribution in [2.75, 3.05) is 27.3 Å². The Morgan fingerprint density at radius 2 is 1.79 bits per heavy atom. The van der Waals surface area contributed by atoms with Crippen molar-refractivity contribution in [2.45, 2.75) is 52.0 Å². The summed E-state index contributed by atoms with van der Waals surface area (Å²) in [7, 11) is 3.20. The maximum atomic E-state index is 11.5. The van der Waals surface area contributed by atoms with Gasteiger partial charge >= 0.3 is 6.09 Å². The van der Waals surface area contributed by atoms with Crippen LogP contribution in [0.5, 0.6) is 0 Å². The summed E-state index contributed by atoms with van der Waals surface area (Å²) in [4.78, 5) is 11.5. The minimum absolute atomic E-state index is 0.0471. The van der Waals surface area contributed by atoms with E-state index >= 15 is 0 Å². The molecule has 114 valence electrons. The number of hydrogen-bond acceptors (Lipinski definition) is 5. The Bertz CT molecular complexity index is 250. The topological polar surface area (TPSA) is 68.8 Å². The predicted octanol–water partition coefficient (Wildman–Crippen LogP) is 1.50. The van der Waals surface area contributed by atoms with Crippen LogP contribution in [-0.4, -0.2) is 51.3 Å². The number of hydrogen-bond donors (Lipinski definition) is 2. The van der Waals surface area contributed by atoms with Crippen molar-refractivity contribution in [2.24, 2.45) is 0 Å². The van der Waals surface area contributed by atoms with Gasteiger partial charge in [-0.25, -0.2) is 4.79 Å². The molecular formula is C13H28N2O4. The van der Waals surface area contributed by atoms with Crippen molar-refractivity contribution in [3.05, 3.63) is 0 Å². The molecule has 0 rings (SSSR count). The first kappa shape index (κ1) is 18.1. The van der Waals surface area contributed by atoms with Crippen LogP contribution in [0.25, 0.3) is 0 Å². The molecule has 0 saturated carbocycles. The first-order valence-electron chi connectivity index (χ1n) is 6.54. The second-order valence-electron chi connectivity index (χ2n) is 5.44. The van der Waals surface area contributed by atoms with Gasteiger partial charge in [-0.1, -0.05) is 0 Å². The van der Waals surface area contributed by atoms with E-state index in [2.05, 4.69) is 10.6 Å². The molecule has 0 aliphatic heterocycles. The second-order valence-corrected chi connectivity index (χ2v) is 5.44. The van der Waals surface area contributed by atoms with E-state index in [4.69, 9.17) is 14.2 Å². The first-order valence-corrected chi connectivity index (χ1v) is 6.54. The Balaban J connectivity index is 3.70. The molecule has 6 heteroatoms. The van der Waals surface area contributed by atoms with Gasteiger partial charge in [0.05, 0.1) is 0 Å². The highest BCUT2D eigenvalue weighted by atomic mass is 16.7. The third kappa shape index (κ3) is 10.7. The zero-order chi connectivity index (χ0) is 14.9. The van der Waals surface area contributed by atoms with Crippen molar-refractivity contribution >= 4 is 6.09 Å². The summed E-state index contributed by atoms with van der Waals surface area (Å²) >= 11 is 0. The van der Waals surface area contributed by atoms with E-state index in [9.17, 15) is 4.79 Å². The molecule has 0 spiro atoms. The van der Waals surface area contributed by atoms with Crippen LogP contribution in [0, 0.1) is 0 Å². The van der Waals surface area contributed by atoms with Gasteiger partial charge < -0.3 is 24.8 Å². The number of carbonyl (C=O) groups is 1.